The van der Waals surface area contributed by atoms with E-state index in [0.717, 1.165) is 6.42 Å². The highest BCUT2D eigenvalue weighted by molar-refractivity contribution is 9.10. The molecule has 0 unspecified atom stereocenters. The molecule has 0 aliphatic heterocycles. The third kappa shape index (κ3) is 8.08. The van der Waals surface area contributed by atoms with Crippen LogP contribution in [0.5, 0.6) is 5.75 Å². The summed E-state index contributed by atoms with van der Waals surface area (Å²) in [5, 5.41) is 2.70. The monoisotopic (exact) mass is 509 g/mol. The van der Waals surface area contributed by atoms with Crippen LogP contribution >= 0.6 is 15.9 Å². The lowest BCUT2D eigenvalue weighted by Gasteiger charge is -2.11. The number of ether oxygens (including phenoxy) is 1. The number of hydrogen-bond acceptors (Lipinski definition) is 4. The molecule has 170 valence electrons. The van der Waals surface area contributed by atoms with Gasteiger partial charge in [-0.3, -0.25) is 25.2 Å². The Bertz CT molecular complexity index is 1090. The zero-order chi connectivity index (χ0) is 23.5. The predicted octanol–water partition coefficient (Wildman–Crippen LogP) is 4.25. The van der Waals surface area contributed by atoms with Gasteiger partial charge in [-0.2, -0.15) is 0 Å². The number of hydrazine groups is 1. The minimum Gasteiger partial charge on any atom is -0.492 e. The number of amides is 3. The Morgan fingerprint density at radius 2 is 1.45 bits per heavy atom. The first-order valence-corrected chi connectivity index (χ1v) is 11.2. The first-order valence-electron chi connectivity index (χ1n) is 10.4. The highest BCUT2D eigenvalue weighted by atomic mass is 79.9. The van der Waals surface area contributed by atoms with Gasteiger partial charge in [0.15, 0.2) is 0 Å². The smallest absolute Gasteiger partial charge is 0.269 e. The number of hydrogen-bond donors (Lipinski definition) is 3. The molecule has 0 heterocycles. The number of nitrogens with one attached hydrogen (secondary N) is 3. The van der Waals surface area contributed by atoms with Gasteiger partial charge >= 0.3 is 0 Å². The van der Waals surface area contributed by atoms with E-state index >= 15 is 0 Å². The van der Waals surface area contributed by atoms with Gasteiger partial charge < -0.3 is 10.1 Å². The van der Waals surface area contributed by atoms with Crippen LogP contribution in [0.4, 0.5) is 5.69 Å². The summed E-state index contributed by atoms with van der Waals surface area (Å²) in [6.07, 6.45) is 0.707. The summed E-state index contributed by atoms with van der Waals surface area (Å²) in [4.78, 5) is 36.2. The highest BCUT2D eigenvalue weighted by Crippen LogP contribution is 2.26. The van der Waals surface area contributed by atoms with Crippen LogP contribution in [-0.4, -0.2) is 24.3 Å². The Kier molecular flexibility index (Phi) is 9.02. The summed E-state index contributed by atoms with van der Waals surface area (Å²) in [5.74, 6) is -0.606. The molecule has 3 aromatic rings. The van der Waals surface area contributed by atoms with Crippen molar-refractivity contribution in [3.05, 3.63) is 94.5 Å². The Morgan fingerprint density at radius 3 is 2.15 bits per heavy atom. The third-order valence-electron chi connectivity index (χ3n) is 4.64. The second-order valence-corrected chi connectivity index (χ2v) is 8.00. The molecule has 0 fully saturated rings. The molecule has 7 nitrogen and oxygen atoms in total. The molecule has 3 aromatic carbocycles. The van der Waals surface area contributed by atoms with Crippen LogP contribution in [0.2, 0.25) is 0 Å². The number of carbonyl (C=O) groups excluding carboxylic acids is 3. The topological polar surface area (TPSA) is 96.5 Å². The number of anilines is 1. The summed E-state index contributed by atoms with van der Waals surface area (Å²) >= 11 is 3.41. The van der Waals surface area contributed by atoms with Crippen molar-refractivity contribution in [1.29, 1.82) is 0 Å². The van der Waals surface area contributed by atoms with Crippen molar-refractivity contribution >= 4 is 39.3 Å². The molecule has 0 aromatic heterocycles. The Hall–Kier alpha value is -3.65. The molecule has 0 aliphatic rings. The molecule has 0 spiro atoms. The standard InChI is InChI=1S/C25H24BrN3O4/c26-21-17-19(11-12-22(21)33-16-15-18-7-3-1-4-8-18)25(32)29-28-24(31)14-13-23(30)27-20-9-5-2-6-10-20/h1-12,17H,13-16H2,(H,27,30)(H,28,31)(H,29,32). The maximum absolute atomic E-state index is 12.3. The van der Waals surface area contributed by atoms with E-state index in [2.05, 4.69) is 32.1 Å². The van der Waals surface area contributed by atoms with Crippen molar-refractivity contribution in [3.63, 3.8) is 0 Å². The van der Waals surface area contributed by atoms with Crippen LogP contribution in [0.3, 0.4) is 0 Å². The average Bonchev–Trinajstić information content (AvgIpc) is 2.83. The van der Waals surface area contributed by atoms with Gasteiger partial charge in [0, 0.05) is 30.5 Å². The quantitative estimate of drug-likeness (QED) is 0.375. The molecule has 0 saturated heterocycles. The molecule has 3 amide bonds. The molecular formula is C25H24BrN3O4. The van der Waals surface area contributed by atoms with Crippen LogP contribution in [0.15, 0.2) is 83.3 Å². The van der Waals surface area contributed by atoms with Crippen LogP contribution in [0, 0.1) is 0 Å². The van der Waals surface area contributed by atoms with Gasteiger partial charge in [-0.15, -0.1) is 0 Å². The second-order valence-electron chi connectivity index (χ2n) is 7.15. The molecule has 0 bridgehead atoms. The maximum atomic E-state index is 12.3. The lowest BCUT2D eigenvalue weighted by molar-refractivity contribution is -0.124. The molecular weight excluding hydrogens is 486 g/mol. The lowest BCUT2D eigenvalue weighted by Crippen LogP contribution is -2.41. The maximum Gasteiger partial charge on any atom is 0.269 e. The van der Waals surface area contributed by atoms with E-state index in [0.29, 0.717) is 28.1 Å². The van der Waals surface area contributed by atoms with Gasteiger partial charge in [-0.1, -0.05) is 48.5 Å². The molecule has 8 heteroatoms. The van der Waals surface area contributed by atoms with Crippen molar-refractivity contribution in [2.24, 2.45) is 0 Å². The normalized spacial score (nSPS) is 10.2. The van der Waals surface area contributed by atoms with Gasteiger partial charge in [-0.25, -0.2) is 0 Å². The van der Waals surface area contributed by atoms with Crippen molar-refractivity contribution < 1.29 is 19.1 Å². The number of benzene rings is 3. The SMILES string of the molecule is O=C(CCC(=O)Nc1ccccc1)NNC(=O)c1ccc(OCCc2ccccc2)c(Br)c1. The van der Waals surface area contributed by atoms with E-state index < -0.39 is 11.8 Å². The van der Waals surface area contributed by atoms with Crippen LogP contribution < -0.4 is 20.9 Å². The molecule has 0 radical (unpaired) electrons. The van der Waals surface area contributed by atoms with Gasteiger partial charge in [0.2, 0.25) is 11.8 Å². The second kappa shape index (κ2) is 12.4. The zero-order valence-corrected chi connectivity index (χ0v) is 19.4. The largest absolute Gasteiger partial charge is 0.492 e. The summed E-state index contributed by atoms with van der Waals surface area (Å²) < 4.78 is 6.42. The first kappa shape index (κ1) is 24.0. The molecule has 3 N–H and O–H groups in total. The molecule has 33 heavy (non-hydrogen) atoms. The summed E-state index contributed by atoms with van der Waals surface area (Å²) in [6, 6.07) is 23.9. The first-order chi connectivity index (χ1) is 16.0. The molecule has 0 saturated carbocycles. The predicted molar refractivity (Wildman–Crippen MR) is 130 cm³/mol. The van der Waals surface area contributed by atoms with Crippen molar-refractivity contribution in [1.82, 2.24) is 10.9 Å². The average molecular weight is 510 g/mol. The Balaban J connectivity index is 1.39. The fourth-order valence-electron chi connectivity index (χ4n) is 2.92. The molecule has 0 aliphatic carbocycles. The van der Waals surface area contributed by atoms with Gasteiger partial charge in [0.05, 0.1) is 11.1 Å². The molecule has 0 atom stereocenters. The van der Waals surface area contributed by atoms with Crippen molar-refractivity contribution in [3.8, 4) is 5.75 Å². The van der Waals surface area contributed by atoms with Crippen LogP contribution in [0.1, 0.15) is 28.8 Å². The summed E-state index contributed by atoms with van der Waals surface area (Å²) in [7, 11) is 0. The zero-order valence-electron chi connectivity index (χ0n) is 17.8. The molecule has 3 rings (SSSR count). The fourth-order valence-corrected chi connectivity index (χ4v) is 3.41. The summed E-state index contributed by atoms with van der Waals surface area (Å²) in [6.45, 7) is 0.502. The number of rotatable bonds is 9. The highest BCUT2D eigenvalue weighted by Gasteiger charge is 2.12. The van der Waals surface area contributed by atoms with E-state index in [-0.39, 0.29) is 18.7 Å². The van der Waals surface area contributed by atoms with Gasteiger partial charge in [0.1, 0.15) is 5.75 Å². The van der Waals surface area contributed by atoms with Gasteiger partial charge in [-0.05, 0) is 51.8 Å². The van der Waals surface area contributed by atoms with E-state index in [1.54, 1.807) is 42.5 Å². The lowest BCUT2D eigenvalue weighted by atomic mass is 10.2. The van der Waals surface area contributed by atoms with E-state index in [4.69, 9.17) is 4.74 Å². The van der Waals surface area contributed by atoms with E-state index in [1.807, 2.05) is 36.4 Å². The minimum atomic E-state index is -0.478. The Morgan fingerprint density at radius 1 is 0.788 bits per heavy atom. The number of para-hydroxylation sites is 1. The fraction of sp³-hybridized carbons (Fsp3) is 0.160. The Labute approximate surface area is 200 Å². The van der Waals surface area contributed by atoms with Crippen LogP contribution in [-0.2, 0) is 16.0 Å². The number of carbonyl (C=O) groups is 3. The van der Waals surface area contributed by atoms with Crippen molar-refractivity contribution in [2.45, 2.75) is 19.3 Å². The van der Waals surface area contributed by atoms with Gasteiger partial charge in [0.25, 0.3) is 5.91 Å². The van der Waals surface area contributed by atoms with E-state index in [9.17, 15) is 14.4 Å². The third-order valence-corrected chi connectivity index (χ3v) is 5.26. The summed E-state index contributed by atoms with van der Waals surface area (Å²) in [5.41, 5.74) is 6.86. The minimum absolute atomic E-state index is 0.00281. The number of halogens is 1. The van der Waals surface area contributed by atoms with E-state index in [1.165, 1.54) is 5.56 Å². The van der Waals surface area contributed by atoms with Crippen molar-refractivity contribution in [2.75, 3.05) is 11.9 Å². The van der Waals surface area contributed by atoms with Crippen LogP contribution in [0.25, 0.3) is 0 Å².